The lowest BCUT2D eigenvalue weighted by atomic mass is 9.97. The van der Waals surface area contributed by atoms with Crippen LogP contribution in [0.4, 0.5) is 0 Å². The van der Waals surface area contributed by atoms with Gasteiger partial charge in [0.1, 0.15) is 5.82 Å². The predicted octanol–water partition coefficient (Wildman–Crippen LogP) is 1.19. The van der Waals surface area contributed by atoms with Gasteiger partial charge in [-0.15, -0.1) is 0 Å². The zero-order valence-corrected chi connectivity index (χ0v) is 13.8. The van der Waals surface area contributed by atoms with E-state index in [1.807, 2.05) is 17.3 Å². The van der Waals surface area contributed by atoms with Gasteiger partial charge < -0.3 is 19.4 Å². The van der Waals surface area contributed by atoms with Crippen molar-refractivity contribution in [2.45, 2.75) is 25.3 Å². The number of carbonyl (C=O) groups excluding carboxylic acids is 1. The predicted molar refractivity (Wildman–Crippen MR) is 87.2 cm³/mol. The second-order valence-corrected chi connectivity index (χ2v) is 6.31. The minimum Gasteiger partial charge on any atom is -0.341 e. The summed E-state index contributed by atoms with van der Waals surface area (Å²) in [6.45, 7) is 3.39. The molecule has 1 unspecified atom stereocenters. The number of nitrogens with one attached hydrogen (secondary N) is 1. The summed E-state index contributed by atoms with van der Waals surface area (Å²) in [6, 6.07) is 0. The summed E-state index contributed by atoms with van der Waals surface area (Å²) in [4.78, 5) is 28.1. The lowest BCUT2D eigenvalue weighted by Crippen LogP contribution is -2.40. The highest BCUT2D eigenvalue weighted by Crippen LogP contribution is 2.26. The molecule has 1 atom stereocenters. The van der Waals surface area contributed by atoms with E-state index >= 15 is 0 Å². The van der Waals surface area contributed by atoms with Gasteiger partial charge in [0.25, 0.3) is 5.91 Å². The first-order valence-corrected chi connectivity index (χ1v) is 8.09. The highest BCUT2D eigenvalue weighted by molar-refractivity contribution is 5.90. The molecule has 0 aliphatic carbocycles. The van der Waals surface area contributed by atoms with Gasteiger partial charge in [0, 0.05) is 56.9 Å². The molecular formula is C16H24N6O. The van der Waals surface area contributed by atoms with E-state index in [2.05, 4.69) is 38.5 Å². The van der Waals surface area contributed by atoms with Crippen molar-refractivity contribution in [2.24, 2.45) is 0 Å². The van der Waals surface area contributed by atoms with Crippen LogP contribution in [-0.2, 0) is 6.54 Å². The molecule has 124 valence electrons. The van der Waals surface area contributed by atoms with Gasteiger partial charge in [0.15, 0.2) is 5.82 Å². The van der Waals surface area contributed by atoms with E-state index in [1.165, 1.54) is 0 Å². The third-order valence-electron chi connectivity index (χ3n) is 4.31. The standard InChI is InChI=1S/C16H24N6O/c1-20(2)10-11-21-9-7-19-15(21)13-4-3-8-22(12-13)16(23)14-17-5-6-18-14/h5-7,9,13H,3-4,8,10-12H2,1-2H3,(H,17,18). The summed E-state index contributed by atoms with van der Waals surface area (Å²) < 4.78 is 2.21. The van der Waals surface area contributed by atoms with Crippen LogP contribution in [-0.4, -0.2) is 69.0 Å². The van der Waals surface area contributed by atoms with Crippen molar-refractivity contribution < 1.29 is 4.79 Å². The van der Waals surface area contributed by atoms with Gasteiger partial charge in [-0.25, -0.2) is 9.97 Å². The molecule has 0 saturated carbocycles. The van der Waals surface area contributed by atoms with Crippen molar-refractivity contribution >= 4 is 5.91 Å². The Kier molecular flexibility index (Phi) is 4.76. The molecule has 1 amide bonds. The largest absolute Gasteiger partial charge is 0.341 e. The van der Waals surface area contributed by atoms with Gasteiger partial charge in [-0.3, -0.25) is 4.79 Å². The molecule has 1 fully saturated rings. The summed E-state index contributed by atoms with van der Waals surface area (Å²) in [5.74, 6) is 1.77. The minimum atomic E-state index is -0.0221. The monoisotopic (exact) mass is 316 g/mol. The van der Waals surface area contributed by atoms with Gasteiger partial charge in [0.05, 0.1) is 0 Å². The van der Waals surface area contributed by atoms with E-state index < -0.39 is 0 Å². The summed E-state index contributed by atoms with van der Waals surface area (Å²) in [5.41, 5.74) is 0. The molecule has 0 radical (unpaired) electrons. The number of carbonyl (C=O) groups is 1. The van der Waals surface area contributed by atoms with E-state index in [0.717, 1.165) is 38.3 Å². The van der Waals surface area contributed by atoms with Crippen LogP contribution in [0.2, 0.25) is 0 Å². The zero-order chi connectivity index (χ0) is 16.2. The second kappa shape index (κ2) is 6.95. The Morgan fingerprint density at radius 2 is 2.26 bits per heavy atom. The van der Waals surface area contributed by atoms with Crippen molar-refractivity contribution in [1.82, 2.24) is 29.3 Å². The first kappa shape index (κ1) is 15.7. The van der Waals surface area contributed by atoms with Crippen LogP contribution in [0.1, 0.15) is 35.2 Å². The number of aromatic nitrogens is 4. The average molecular weight is 316 g/mol. The Balaban J connectivity index is 1.69. The van der Waals surface area contributed by atoms with Crippen LogP contribution < -0.4 is 0 Å². The van der Waals surface area contributed by atoms with Crippen molar-refractivity contribution in [3.8, 4) is 0 Å². The van der Waals surface area contributed by atoms with Crippen LogP contribution in [0.3, 0.4) is 0 Å². The van der Waals surface area contributed by atoms with Gasteiger partial charge in [-0.2, -0.15) is 0 Å². The van der Waals surface area contributed by atoms with Crippen LogP contribution >= 0.6 is 0 Å². The fourth-order valence-electron chi connectivity index (χ4n) is 3.08. The summed E-state index contributed by atoms with van der Waals surface area (Å²) >= 11 is 0. The van der Waals surface area contributed by atoms with E-state index in [0.29, 0.717) is 18.3 Å². The first-order valence-electron chi connectivity index (χ1n) is 8.09. The molecule has 1 aliphatic heterocycles. The van der Waals surface area contributed by atoms with E-state index in [9.17, 15) is 4.79 Å². The van der Waals surface area contributed by atoms with Crippen LogP contribution in [0.15, 0.2) is 24.8 Å². The SMILES string of the molecule is CN(C)CCn1ccnc1C1CCCN(C(=O)c2ncc[nH]2)C1. The van der Waals surface area contributed by atoms with Crippen LogP contribution in [0.25, 0.3) is 0 Å². The number of hydrogen-bond donors (Lipinski definition) is 1. The first-order chi connectivity index (χ1) is 11.1. The summed E-state index contributed by atoms with van der Waals surface area (Å²) in [6.07, 6.45) is 9.26. The number of hydrogen-bond acceptors (Lipinski definition) is 4. The van der Waals surface area contributed by atoms with Gasteiger partial charge in [-0.1, -0.05) is 0 Å². The van der Waals surface area contributed by atoms with Gasteiger partial charge in [-0.05, 0) is 26.9 Å². The average Bonchev–Trinajstić information content (AvgIpc) is 3.23. The smallest absolute Gasteiger partial charge is 0.289 e. The molecule has 2 aromatic rings. The molecular weight excluding hydrogens is 292 g/mol. The molecule has 1 N–H and O–H groups in total. The Morgan fingerprint density at radius 3 is 3.00 bits per heavy atom. The molecule has 3 rings (SSSR count). The molecule has 7 heteroatoms. The van der Waals surface area contributed by atoms with E-state index in [4.69, 9.17) is 0 Å². The zero-order valence-electron chi connectivity index (χ0n) is 13.8. The molecule has 2 aromatic heterocycles. The fourth-order valence-corrected chi connectivity index (χ4v) is 3.08. The Bertz CT molecular complexity index is 633. The van der Waals surface area contributed by atoms with Crippen LogP contribution in [0.5, 0.6) is 0 Å². The highest BCUT2D eigenvalue weighted by atomic mass is 16.2. The minimum absolute atomic E-state index is 0.0221. The Hall–Kier alpha value is -2.15. The molecule has 1 saturated heterocycles. The summed E-state index contributed by atoms with van der Waals surface area (Å²) in [5, 5.41) is 0. The Morgan fingerprint density at radius 1 is 1.39 bits per heavy atom. The number of likely N-dealkylation sites (tertiary alicyclic amines) is 1. The molecule has 0 aromatic carbocycles. The third-order valence-corrected chi connectivity index (χ3v) is 4.31. The lowest BCUT2D eigenvalue weighted by molar-refractivity contribution is 0.0692. The highest BCUT2D eigenvalue weighted by Gasteiger charge is 2.28. The molecule has 0 bridgehead atoms. The summed E-state index contributed by atoms with van der Waals surface area (Å²) in [7, 11) is 4.14. The van der Waals surface area contributed by atoms with Gasteiger partial charge in [0.2, 0.25) is 0 Å². The number of rotatable bonds is 5. The number of likely N-dealkylation sites (N-methyl/N-ethyl adjacent to an activating group) is 1. The Labute approximate surface area is 136 Å². The maximum absolute atomic E-state index is 12.5. The number of piperidine rings is 1. The number of amides is 1. The molecule has 23 heavy (non-hydrogen) atoms. The number of imidazole rings is 2. The van der Waals surface area contributed by atoms with Crippen molar-refractivity contribution in [3.05, 3.63) is 36.4 Å². The molecule has 1 aliphatic rings. The van der Waals surface area contributed by atoms with Crippen molar-refractivity contribution in [2.75, 3.05) is 33.7 Å². The maximum Gasteiger partial charge on any atom is 0.289 e. The number of H-pyrrole nitrogens is 1. The second-order valence-electron chi connectivity index (χ2n) is 6.31. The van der Waals surface area contributed by atoms with E-state index in [1.54, 1.807) is 12.4 Å². The third kappa shape index (κ3) is 3.61. The fraction of sp³-hybridized carbons (Fsp3) is 0.562. The molecule has 0 spiro atoms. The molecule has 3 heterocycles. The normalized spacial score (nSPS) is 18.6. The van der Waals surface area contributed by atoms with Gasteiger partial charge >= 0.3 is 0 Å². The maximum atomic E-state index is 12.5. The quantitative estimate of drug-likeness (QED) is 0.899. The number of aromatic amines is 1. The van der Waals surface area contributed by atoms with Crippen LogP contribution in [0, 0.1) is 0 Å². The van der Waals surface area contributed by atoms with Crippen molar-refractivity contribution in [3.63, 3.8) is 0 Å². The lowest BCUT2D eigenvalue weighted by Gasteiger charge is -2.32. The molecule has 7 nitrogen and oxygen atoms in total. The van der Waals surface area contributed by atoms with Crippen molar-refractivity contribution in [1.29, 1.82) is 0 Å². The number of nitrogens with zero attached hydrogens (tertiary/aromatic N) is 5. The topological polar surface area (TPSA) is 70.1 Å². The van der Waals surface area contributed by atoms with E-state index in [-0.39, 0.29) is 5.91 Å².